The smallest absolute Gasteiger partial charge is 0.387 e. The number of para-hydroxylation sites is 1. The van der Waals surface area contributed by atoms with E-state index in [1.165, 1.54) is 16.7 Å². The van der Waals surface area contributed by atoms with Crippen molar-refractivity contribution < 1.29 is 23.0 Å². The SMILES string of the molecule is CCOC(=O)C1=C(c2ccccc2)N=c2s/c(=C/c3ccccc3OC(F)F)c(=O)n2[C@@H]1c1ccc(SC)cc1. The monoisotopic (exact) mass is 578 g/mol. The molecule has 0 unspecified atom stereocenters. The van der Waals surface area contributed by atoms with E-state index in [-0.39, 0.29) is 22.5 Å². The van der Waals surface area contributed by atoms with E-state index in [9.17, 15) is 18.4 Å². The standard InChI is InChI=1S/C30H24F2N2O4S2/c1-3-37-28(36)24-25(18-9-5-4-6-10-18)33-30-34(26(24)19-13-15-21(39-2)16-14-19)27(35)23(40-30)17-20-11-7-8-12-22(20)38-29(31)32/h4-17,26,29H,3H2,1-2H3/b23-17+/t26-/m1/s1. The van der Waals surface area contributed by atoms with Crippen LogP contribution in [0.1, 0.15) is 29.7 Å². The van der Waals surface area contributed by atoms with Gasteiger partial charge in [-0.2, -0.15) is 8.78 Å². The maximum Gasteiger partial charge on any atom is 0.387 e. The molecule has 1 aliphatic heterocycles. The summed E-state index contributed by atoms with van der Waals surface area (Å²) in [7, 11) is 0. The Hall–Kier alpha value is -4.02. The van der Waals surface area contributed by atoms with Gasteiger partial charge in [0.15, 0.2) is 4.80 Å². The van der Waals surface area contributed by atoms with Gasteiger partial charge < -0.3 is 9.47 Å². The van der Waals surface area contributed by atoms with Crippen LogP contribution in [-0.4, -0.2) is 30.0 Å². The summed E-state index contributed by atoms with van der Waals surface area (Å²) in [5, 5.41) is 0. The number of rotatable bonds is 8. The molecule has 0 fully saturated rings. The molecular weight excluding hydrogens is 554 g/mol. The molecule has 204 valence electrons. The number of thiazole rings is 1. The molecular formula is C30H24F2N2O4S2. The summed E-state index contributed by atoms with van der Waals surface area (Å²) in [6.07, 6.45) is 3.47. The summed E-state index contributed by atoms with van der Waals surface area (Å²) in [4.78, 5) is 33.6. The van der Waals surface area contributed by atoms with Gasteiger partial charge in [-0.15, -0.1) is 11.8 Å². The second-order valence-corrected chi connectivity index (χ2v) is 10.5. The number of carbonyl (C=O) groups is 1. The Labute approximate surface area is 236 Å². The van der Waals surface area contributed by atoms with Crippen molar-refractivity contribution in [3.05, 3.63) is 121 Å². The number of aromatic nitrogens is 1. The van der Waals surface area contributed by atoms with Crippen molar-refractivity contribution in [2.45, 2.75) is 24.5 Å². The summed E-state index contributed by atoms with van der Waals surface area (Å²) in [5.74, 6) is -0.626. The van der Waals surface area contributed by atoms with E-state index >= 15 is 0 Å². The van der Waals surface area contributed by atoms with Crippen LogP contribution in [0.4, 0.5) is 8.78 Å². The third-order valence-corrected chi connectivity index (χ3v) is 7.95. The van der Waals surface area contributed by atoms with Crippen LogP contribution in [0.25, 0.3) is 11.8 Å². The van der Waals surface area contributed by atoms with E-state index in [1.54, 1.807) is 36.9 Å². The molecule has 0 saturated heterocycles. The molecule has 3 aromatic carbocycles. The molecule has 0 spiro atoms. The normalized spacial score (nSPS) is 15.1. The fraction of sp³-hybridized carbons (Fsp3) is 0.167. The maximum absolute atomic E-state index is 13.9. The highest BCUT2D eigenvalue weighted by molar-refractivity contribution is 7.98. The van der Waals surface area contributed by atoms with Crippen LogP contribution in [0.2, 0.25) is 0 Å². The lowest BCUT2D eigenvalue weighted by Crippen LogP contribution is -2.40. The molecule has 40 heavy (non-hydrogen) atoms. The lowest BCUT2D eigenvalue weighted by atomic mass is 9.93. The Bertz CT molecular complexity index is 1750. The zero-order valence-electron chi connectivity index (χ0n) is 21.5. The van der Waals surface area contributed by atoms with Crippen molar-refractivity contribution >= 4 is 40.8 Å². The molecule has 4 aromatic rings. The van der Waals surface area contributed by atoms with E-state index in [0.29, 0.717) is 27.2 Å². The minimum absolute atomic E-state index is 0.0512. The van der Waals surface area contributed by atoms with Crippen molar-refractivity contribution in [3.63, 3.8) is 0 Å². The first-order valence-electron chi connectivity index (χ1n) is 12.4. The Kier molecular flexibility index (Phi) is 8.27. The van der Waals surface area contributed by atoms with Gasteiger partial charge in [0, 0.05) is 16.0 Å². The Morgan fingerprint density at radius 3 is 2.45 bits per heavy atom. The highest BCUT2D eigenvalue weighted by atomic mass is 32.2. The number of halogens is 2. The van der Waals surface area contributed by atoms with E-state index in [0.717, 1.165) is 16.2 Å². The zero-order chi connectivity index (χ0) is 28.2. The first-order valence-corrected chi connectivity index (χ1v) is 14.4. The predicted molar refractivity (Wildman–Crippen MR) is 152 cm³/mol. The van der Waals surface area contributed by atoms with Crippen LogP contribution >= 0.6 is 23.1 Å². The van der Waals surface area contributed by atoms with Crippen LogP contribution in [0, 0.1) is 0 Å². The lowest BCUT2D eigenvalue weighted by molar-refractivity contribution is -0.138. The molecule has 1 aliphatic rings. The highest BCUT2D eigenvalue weighted by Crippen LogP contribution is 2.35. The molecule has 6 nitrogen and oxygen atoms in total. The lowest BCUT2D eigenvalue weighted by Gasteiger charge is -2.26. The summed E-state index contributed by atoms with van der Waals surface area (Å²) in [6.45, 7) is -1.15. The summed E-state index contributed by atoms with van der Waals surface area (Å²) >= 11 is 2.69. The molecule has 0 radical (unpaired) electrons. The third kappa shape index (κ3) is 5.50. The van der Waals surface area contributed by atoms with Crippen molar-refractivity contribution in [1.82, 2.24) is 4.57 Å². The number of nitrogens with zero attached hydrogens (tertiary/aromatic N) is 2. The Morgan fingerprint density at radius 1 is 1.07 bits per heavy atom. The van der Waals surface area contributed by atoms with Crippen molar-refractivity contribution in [2.75, 3.05) is 12.9 Å². The maximum atomic E-state index is 13.9. The molecule has 0 N–H and O–H groups in total. The van der Waals surface area contributed by atoms with Crippen LogP contribution in [0.5, 0.6) is 5.75 Å². The van der Waals surface area contributed by atoms with E-state index in [1.807, 2.05) is 60.9 Å². The average Bonchev–Trinajstić information content (AvgIpc) is 3.28. The van der Waals surface area contributed by atoms with Crippen molar-refractivity contribution in [2.24, 2.45) is 4.99 Å². The first-order chi connectivity index (χ1) is 19.4. The number of ether oxygens (including phenoxy) is 2. The van der Waals surface area contributed by atoms with Gasteiger partial charge in [-0.05, 0) is 43.0 Å². The average molecular weight is 579 g/mol. The second-order valence-electron chi connectivity index (χ2n) is 8.62. The summed E-state index contributed by atoms with van der Waals surface area (Å²) in [5.41, 5.74) is 1.96. The number of thioether (sulfide) groups is 1. The first kappa shape index (κ1) is 27.5. The van der Waals surface area contributed by atoms with Crippen LogP contribution in [0.15, 0.2) is 99.1 Å². The van der Waals surface area contributed by atoms with E-state index in [2.05, 4.69) is 4.74 Å². The third-order valence-electron chi connectivity index (χ3n) is 6.23. The highest BCUT2D eigenvalue weighted by Gasteiger charge is 2.35. The molecule has 0 aliphatic carbocycles. The number of carbonyl (C=O) groups excluding carboxylic acids is 1. The fourth-order valence-corrected chi connectivity index (χ4v) is 5.89. The van der Waals surface area contributed by atoms with Gasteiger partial charge >= 0.3 is 12.6 Å². The fourth-order valence-electron chi connectivity index (χ4n) is 4.49. The number of benzene rings is 3. The van der Waals surface area contributed by atoms with Crippen LogP contribution in [0.3, 0.4) is 0 Å². The molecule has 0 bridgehead atoms. The topological polar surface area (TPSA) is 69.9 Å². The number of hydrogen-bond acceptors (Lipinski definition) is 7. The minimum Gasteiger partial charge on any atom is -0.463 e. The Morgan fingerprint density at radius 2 is 1.77 bits per heavy atom. The number of esters is 1. The number of hydrogen-bond donors (Lipinski definition) is 0. The van der Waals surface area contributed by atoms with Gasteiger partial charge in [0.25, 0.3) is 5.56 Å². The molecule has 5 rings (SSSR count). The molecule has 1 atom stereocenters. The van der Waals surface area contributed by atoms with Gasteiger partial charge in [0.05, 0.1) is 28.5 Å². The van der Waals surface area contributed by atoms with Gasteiger partial charge in [-0.25, -0.2) is 9.79 Å². The van der Waals surface area contributed by atoms with Crippen molar-refractivity contribution in [1.29, 1.82) is 0 Å². The van der Waals surface area contributed by atoms with Gasteiger partial charge in [0.2, 0.25) is 0 Å². The molecule has 0 amide bonds. The predicted octanol–water partition coefficient (Wildman–Crippen LogP) is 5.26. The van der Waals surface area contributed by atoms with Gasteiger partial charge in [0.1, 0.15) is 5.75 Å². The van der Waals surface area contributed by atoms with Crippen LogP contribution < -0.4 is 19.6 Å². The molecule has 2 heterocycles. The largest absolute Gasteiger partial charge is 0.463 e. The van der Waals surface area contributed by atoms with Crippen molar-refractivity contribution in [3.8, 4) is 5.75 Å². The van der Waals surface area contributed by atoms with Gasteiger partial charge in [-0.1, -0.05) is 72.0 Å². The quantitative estimate of drug-likeness (QED) is 0.211. The molecule has 10 heteroatoms. The van der Waals surface area contributed by atoms with Crippen LogP contribution in [-0.2, 0) is 9.53 Å². The summed E-state index contributed by atoms with van der Waals surface area (Å²) in [6, 6.07) is 22.3. The number of fused-ring (bicyclic) bond motifs is 1. The Balaban J connectivity index is 1.80. The summed E-state index contributed by atoms with van der Waals surface area (Å²) < 4.78 is 37.9. The van der Waals surface area contributed by atoms with E-state index < -0.39 is 24.2 Å². The second kappa shape index (κ2) is 12.0. The van der Waals surface area contributed by atoms with E-state index in [4.69, 9.17) is 9.73 Å². The zero-order valence-corrected chi connectivity index (χ0v) is 23.2. The molecule has 1 aromatic heterocycles. The minimum atomic E-state index is -3.01. The number of alkyl halides is 2. The molecule has 0 saturated carbocycles. The van der Waals surface area contributed by atoms with Gasteiger partial charge in [-0.3, -0.25) is 9.36 Å².